The monoisotopic (exact) mass is 375 g/mol. The molecular weight excluding hydrogens is 350 g/mol. The lowest BCUT2D eigenvalue weighted by Gasteiger charge is -2.17. The van der Waals surface area contributed by atoms with E-state index in [1.807, 2.05) is 25.1 Å². The van der Waals surface area contributed by atoms with Gasteiger partial charge in [-0.2, -0.15) is 5.10 Å². The van der Waals surface area contributed by atoms with E-state index in [4.69, 9.17) is 0 Å². The maximum Gasteiger partial charge on any atom is 0.255 e. The number of anilines is 1. The van der Waals surface area contributed by atoms with Crippen molar-refractivity contribution in [3.05, 3.63) is 77.4 Å². The van der Waals surface area contributed by atoms with E-state index in [0.717, 1.165) is 43.0 Å². The van der Waals surface area contributed by atoms with Crippen LogP contribution < -0.4 is 5.32 Å². The quantitative estimate of drug-likeness (QED) is 0.740. The number of pyridine rings is 1. The zero-order valence-electron chi connectivity index (χ0n) is 16.3. The van der Waals surface area contributed by atoms with Crippen LogP contribution in [0.3, 0.4) is 0 Å². The third kappa shape index (κ3) is 4.12. The minimum absolute atomic E-state index is 0.102. The van der Waals surface area contributed by atoms with Crippen molar-refractivity contribution in [2.45, 2.75) is 32.9 Å². The van der Waals surface area contributed by atoms with E-state index >= 15 is 0 Å². The van der Waals surface area contributed by atoms with Gasteiger partial charge < -0.3 is 5.32 Å². The number of rotatable bonds is 5. The molecule has 2 aromatic heterocycles. The zero-order chi connectivity index (χ0) is 19.5. The molecule has 3 aromatic rings. The van der Waals surface area contributed by atoms with Gasteiger partial charge in [0.15, 0.2) is 0 Å². The fourth-order valence-corrected chi connectivity index (χ4v) is 3.88. The minimum atomic E-state index is -0.102. The van der Waals surface area contributed by atoms with Crippen LogP contribution in [0, 0.1) is 13.8 Å². The van der Waals surface area contributed by atoms with Crippen LogP contribution in [-0.2, 0) is 6.54 Å². The zero-order valence-corrected chi connectivity index (χ0v) is 16.3. The van der Waals surface area contributed by atoms with Crippen molar-refractivity contribution >= 4 is 11.6 Å². The minimum Gasteiger partial charge on any atom is -0.322 e. The third-order valence-corrected chi connectivity index (χ3v) is 5.17. The highest BCUT2D eigenvalue weighted by Gasteiger charge is 2.25. The molecule has 6 nitrogen and oxygen atoms in total. The number of nitrogens with zero attached hydrogens (tertiary/aromatic N) is 4. The summed E-state index contributed by atoms with van der Waals surface area (Å²) in [6.45, 7) is 7.02. The van der Waals surface area contributed by atoms with Crippen LogP contribution in [0.25, 0.3) is 0 Å². The number of hydrogen-bond donors (Lipinski definition) is 1. The Labute approximate surface area is 165 Å². The summed E-state index contributed by atoms with van der Waals surface area (Å²) >= 11 is 0. The highest BCUT2D eigenvalue weighted by Crippen LogP contribution is 2.24. The second-order valence-electron chi connectivity index (χ2n) is 7.44. The Morgan fingerprint density at radius 1 is 1.18 bits per heavy atom. The van der Waals surface area contributed by atoms with Crippen LogP contribution in [0.4, 0.5) is 5.69 Å². The van der Waals surface area contributed by atoms with Crippen LogP contribution in [0.2, 0.25) is 0 Å². The summed E-state index contributed by atoms with van der Waals surface area (Å²) in [5.74, 6) is -0.102. The van der Waals surface area contributed by atoms with Crippen molar-refractivity contribution in [2.24, 2.45) is 0 Å². The van der Waals surface area contributed by atoms with E-state index in [-0.39, 0.29) is 5.91 Å². The van der Waals surface area contributed by atoms with Crippen LogP contribution in [0.15, 0.2) is 54.9 Å². The number of likely N-dealkylation sites (tertiary alicyclic amines) is 1. The average Bonchev–Trinajstić information content (AvgIpc) is 3.28. The number of amides is 1. The molecule has 1 aromatic carbocycles. The van der Waals surface area contributed by atoms with Gasteiger partial charge in [-0.05, 0) is 56.2 Å². The largest absolute Gasteiger partial charge is 0.322 e. The van der Waals surface area contributed by atoms with E-state index < -0.39 is 0 Å². The third-order valence-electron chi connectivity index (χ3n) is 5.17. The lowest BCUT2D eigenvalue weighted by atomic mass is 10.1. The number of carbonyl (C=O) groups excluding carboxylic acids is 1. The van der Waals surface area contributed by atoms with Gasteiger partial charge in [-0.15, -0.1) is 0 Å². The fraction of sp³-hybridized carbons (Fsp3) is 0.318. The number of aryl methyl sites for hydroxylation is 2. The fourth-order valence-electron chi connectivity index (χ4n) is 3.88. The number of benzene rings is 1. The van der Waals surface area contributed by atoms with Gasteiger partial charge in [0.05, 0.1) is 11.7 Å². The van der Waals surface area contributed by atoms with E-state index in [1.165, 1.54) is 5.69 Å². The van der Waals surface area contributed by atoms with Crippen molar-refractivity contribution in [3.8, 4) is 0 Å². The van der Waals surface area contributed by atoms with Crippen LogP contribution in [-0.4, -0.2) is 38.7 Å². The van der Waals surface area contributed by atoms with Gasteiger partial charge >= 0.3 is 0 Å². The molecule has 1 atom stereocenters. The Bertz CT molecular complexity index is 966. The molecule has 0 saturated carbocycles. The molecule has 1 aliphatic heterocycles. The second kappa shape index (κ2) is 7.94. The molecular formula is C22H25N5O. The molecule has 3 heterocycles. The standard InChI is InChI=1S/C22H25N5O/c1-16-12-17(2)27(25-16)21-8-11-26(15-21)14-18-4-3-5-19(13-18)22(28)24-20-6-9-23-10-7-20/h3-7,9-10,12-13,21H,8,11,14-15H2,1-2H3,(H,23,24,28)/t21-/m1/s1. The summed E-state index contributed by atoms with van der Waals surface area (Å²) in [6, 6.07) is 14.0. The van der Waals surface area contributed by atoms with E-state index in [1.54, 1.807) is 24.5 Å². The first kappa shape index (κ1) is 18.4. The molecule has 1 fully saturated rings. The number of nitrogens with one attached hydrogen (secondary N) is 1. The molecule has 1 aliphatic rings. The first-order chi connectivity index (χ1) is 13.6. The first-order valence-corrected chi connectivity index (χ1v) is 9.64. The van der Waals surface area contributed by atoms with Crippen LogP contribution in [0.5, 0.6) is 0 Å². The van der Waals surface area contributed by atoms with Gasteiger partial charge in [0.1, 0.15) is 0 Å². The number of hydrogen-bond acceptors (Lipinski definition) is 4. The molecule has 144 valence electrons. The second-order valence-corrected chi connectivity index (χ2v) is 7.44. The molecule has 0 aliphatic carbocycles. The van der Waals surface area contributed by atoms with Crippen LogP contribution in [0.1, 0.15) is 39.8 Å². The molecule has 0 radical (unpaired) electrons. The molecule has 0 bridgehead atoms. The van der Waals surface area contributed by atoms with Crippen molar-refractivity contribution < 1.29 is 4.79 Å². The molecule has 1 amide bonds. The molecule has 1 N–H and O–H groups in total. The summed E-state index contributed by atoms with van der Waals surface area (Å²) in [5.41, 5.74) is 4.86. The van der Waals surface area contributed by atoms with Gasteiger partial charge in [-0.3, -0.25) is 19.4 Å². The van der Waals surface area contributed by atoms with Gasteiger partial charge in [-0.25, -0.2) is 0 Å². The van der Waals surface area contributed by atoms with E-state index in [9.17, 15) is 4.79 Å². The number of aromatic nitrogens is 3. The van der Waals surface area contributed by atoms with Gasteiger partial charge in [0, 0.05) is 49.0 Å². The molecule has 0 unspecified atom stereocenters. The molecule has 4 rings (SSSR count). The Morgan fingerprint density at radius 2 is 2.00 bits per heavy atom. The predicted molar refractivity (Wildman–Crippen MR) is 109 cm³/mol. The Hall–Kier alpha value is -2.99. The predicted octanol–water partition coefficient (Wildman–Crippen LogP) is 3.59. The van der Waals surface area contributed by atoms with Gasteiger partial charge in [-0.1, -0.05) is 12.1 Å². The highest BCUT2D eigenvalue weighted by molar-refractivity contribution is 6.04. The maximum atomic E-state index is 12.5. The van der Waals surface area contributed by atoms with E-state index in [2.05, 4.69) is 44.0 Å². The topological polar surface area (TPSA) is 63.1 Å². The molecule has 0 spiro atoms. The molecule has 6 heteroatoms. The Morgan fingerprint density at radius 3 is 2.75 bits per heavy atom. The van der Waals surface area contributed by atoms with Crippen LogP contribution >= 0.6 is 0 Å². The summed E-state index contributed by atoms with van der Waals surface area (Å²) in [5, 5.41) is 7.56. The Kier molecular flexibility index (Phi) is 5.21. The summed E-state index contributed by atoms with van der Waals surface area (Å²) in [6.07, 6.45) is 4.43. The molecule has 28 heavy (non-hydrogen) atoms. The molecule has 1 saturated heterocycles. The summed E-state index contributed by atoms with van der Waals surface area (Å²) in [7, 11) is 0. The van der Waals surface area contributed by atoms with Gasteiger partial charge in [0.25, 0.3) is 5.91 Å². The van der Waals surface area contributed by atoms with Crippen molar-refractivity contribution in [1.82, 2.24) is 19.7 Å². The van der Waals surface area contributed by atoms with Crippen molar-refractivity contribution in [3.63, 3.8) is 0 Å². The SMILES string of the molecule is Cc1cc(C)n([C@@H]2CCN(Cc3cccc(C(=O)Nc4ccncc4)c3)C2)n1. The van der Waals surface area contributed by atoms with Gasteiger partial charge in [0.2, 0.25) is 0 Å². The van der Waals surface area contributed by atoms with Crippen molar-refractivity contribution in [1.29, 1.82) is 0 Å². The average molecular weight is 375 g/mol. The summed E-state index contributed by atoms with van der Waals surface area (Å²) in [4.78, 5) is 18.9. The summed E-state index contributed by atoms with van der Waals surface area (Å²) < 4.78 is 2.16. The lowest BCUT2D eigenvalue weighted by Crippen LogP contribution is -2.22. The van der Waals surface area contributed by atoms with Crippen molar-refractivity contribution in [2.75, 3.05) is 18.4 Å². The highest BCUT2D eigenvalue weighted by atomic mass is 16.1. The number of carbonyl (C=O) groups is 1. The lowest BCUT2D eigenvalue weighted by molar-refractivity contribution is 0.102. The smallest absolute Gasteiger partial charge is 0.255 e. The Balaban J connectivity index is 1.40. The maximum absolute atomic E-state index is 12.5. The van der Waals surface area contributed by atoms with E-state index in [0.29, 0.717) is 11.6 Å². The first-order valence-electron chi connectivity index (χ1n) is 9.64. The normalized spacial score (nSPS) is 17.0.